The number of alkyl carbamates (subject to hydrolysis) is 1. The number of alkyl halides is 7. The number of carbonyl (C=O) groups excluding carboxylic acids is 4. The van der Waals surface area contributed by atoms with Crippen molar-refractivity contribution in [3.63, 3.8) is 0 Å². The van der Waals surface area contributed by atoms with Crippen LogP contribution in [0, 0.1) is 0 Å². The van der Waals surface area contributed by atoms with E-state index in [0.29, 0.717) is 19.3 Å². The van der Waals surface area contributed by atoms with Crippen LogP contribution in [0.1, 0.15) is 130 Å². The Balaban J connectivity index is 2.07. The molecule has 1 saturated heterocycles. The van der Waals surface area contributed by atoms with Crippen LogP contribution in [0.5, 0.6) is 11.5 Å². The van der Waals surface area contributed by atoms with Gasteiger partial charge in [0.1, 0.15) is 49.1 Å². The van der Waals surface area contributed by atoms with Crippen LogP contribution < -0.4 is 14.4 Å². The Morgan fingerprint density at radius 2 is 1.24 bits per heavy atom. The van der Waals surface area contributed by atoms with Crippen molar-refractivity contribution < 1.29 is 65.7 Å². The van der Waals surface area contributed by atoms with Crippen LogP contribution >= 0.6 is 89.0 Å². The van der Waals surface area contributed by atoms with Gasteiger partial charge in [-0.25, -0.2) is 14.2 Å². The second-order valence-electron chi connectivity index (χ2n) is 17.1. The van der Waals surface area contributed by atoms with Gasteiger partial charge in [0.25, 0.3) is 0 Å². The van der Waals surface area contributed by atoms with E-state index in [1.807, 2.05) is 0 Å². The summed E-state index contributed by atoms with van der Waals surface area (Å²) in [7, 11) is -4.97. The van der Waals surface area contributed by atoms with Crippen molar-refractivity contribution in [2.45, 2.75) is 180 Å². The number of halogens is 7. The molecule has 0 saturated carbocycles. The minimum absolute atomic E-state index is 0.0216. The van der Waals surface area contributed by atoms with Gasteiger partial charge >= 0.3 is 32.0 Å². The molecule has 1 unspecified atom stereocenters. The van der Waals surface area contributed by atoms with Gasteiger partial charge in [-0.05, 0) is 57.4 Å². The molecule has 1 fully saturated rings. The summed E-state index contributed by atoms with van der Waals surface area (Å²) < 4.78 is 62.9. The molecule has 1 N–H and O–H groups in total. The molecule has 396 valence electrons. The second-order valence-corrected chi connectivity index (χ2v) is 23.8. The van der Waals surface area contributed by atoms with Crippen molar-refractivity contribution in [3.05, 3.63) is 60.7 Å². The highest BCUT2D eigenvalue weighted by Crippen LogP contribution is 2.53. The number of amides is 1. The van der Waals surface area contributed by atoms with Crippen LogP contribution in [-0.2, 0) is 47.1 Å². The molecule has 2 aromatic carbocycles. The van der Waals surface area contributed by atoms with Crippen molar-refractivity contribution >= 4 is 113 Å². The van der Waals surface area contributed by atoms with Crippen molar-refractivity contribution in [1.29, 1.82) is 0 Å². The maximum Gasteiger partial charge on any atom is 0.588 e. The van der Waals surface area contributed by atoms with Gasteiger partial charge in [0.2, 0.25) is 7.59 Å². The van der Waals surface area contributed by atoms with E-state index < -0.39 is 101 Å². The van der Waals surface area contributed by atoms with Crippen molar-refractivity contribution in [3.8, 4) is 11.5 Å². The number of hydrogen-bond donors (Lipinski definition) is 1. The number of nitrogens with one attached hydrogen (secondary N) is 1. The molecule has 1 heterocycles. The lowest BCUT2D eigenvalue weighted by Crippen LogP contribution is -2.65. The van der Waals surface area contributed by atoms with E-state index in [0.717, 1.165) is 57.8 Å². The average Bonchev–Trinajstić information content (AvgIpc) is 3.27. The van der Waals surface area contributed by atoms with E-state index in [1.165, 1.54) is 51.0 Å². The van der Waals surface area contributed by atoms with Crippen molar-refractivity contribution in [2.24, 2.45) is 0 Å². The van der Waals surface area contributed by atoms with Gasteiger partial charge in [-0.1, -0.05) is 202 Å². The van der Waals surface area contributed by atoms with Gasteiger partial charge in [-0.3, -0.25) is 14.1 Å². The number of benzene rings is 2. The number of hydrogen-bond acceptors (Lipinski definition) is 14. The summed E-state index contributed by atoms with van der Waals surface area (Å²) >= 11 is 42.5. The van der Waals surface area contributed by atoms with Crippen LogP contribution in [0.3, 0.4) is 0 Å². The fraction of sp³-hybridized carbons (Fsp3) is 0.660. The second kappa shape index (κ2) is 31.4. The van der Waals surface area contributed by atoms with E-state index in [2.05, 4.69) is 19.2 Å². The Labute approximate surface area is 446 Å². The molecule has 2 aromatic rings. The molecule has 6 atom stereocenters. The highest BCUT2D eigenvalue weighted by molar-refractivity contribution is 7.49. The fourth-order valence-electron chi connectivity index (χ4n) is 6.86. The van der Waals surface area contributed by atoms with Gasteiger partial charge in [-0.15, -0.1) is 0 Å². The first-order valence-electron chi connectivity index (χ1n) is 23.4. The Morgan fingerprint density at radius 1 is 0.714 bits per heavy atom. The third-order valence-corrected chi connectivity index (χ3v) is 14.1. The standard InChI is InChI=1S/C47H65Cl7NO14P/c1-5-7-9-11-12-13-14-15-18-28-35(63-37(56)29-23-10-8-6-2)30-38(57)65-41-39(55-43(58)62-32-46(49,50)51)42(48)64-36(31-61-44(59)66-45(3,4)47(52,53)54)40(41)69-70(60,67-33-24-19-16-20-25-33)68-34-26-21-17-22-27-34/h16-17,19-22,24-27,35-36,39-42H,5-15,18,23,28-32H2,1-4H3,(H,55,58)/t35-,36-,39-,40-,41-,42?/m1/s1. The number of para-hydroxylation sites is 2. The monoisotopic (exact) mass is 1140 g/mol. The predicted molar refractivity (Wildman–Crippen MR) is 271 cm³/mol. The van der Waals surface area contributed by atoms with Gasteiger partial charge in [0, 0.05) is 6.42 Å². The van der Waals surface area contributed by atoms with Crippen LogP contribution in [0.4, 0.5) is 9.59 Å². The first-order chi connectivity index (χ1) is 33.0. The number of rotatable bonds is 30. The zero-order valence-electron chi connectivity index (χ0n) is 39.8. The SMILES string of the molecule is CCCCCCCCCCC[C@H](CC(=O)O[C@H]1[C@H](OP(=O)(Oc2ccccc2)Oc2ccccc2)[C@@H](COC(=O)OC(C)(C)C(Cl)(Cl)Cl)OC(Cl)[C@@H]1NC(=O)OCC(Cl)(Cl)Cl)OC(=O)CCCCCC. The lowest BCUT2D eigenvalue weighted by Gasteiger charge is -2.44. The molecule has 0 bridgehead atoms. The van der Waals surface area contributed by atoms with Crippen LogP contribution in [0.2, 0.25) is 0 Å². The number of unbranched alkanes of at least 4 members (excludes halogenated alkanes) is 11. The Bertz CT molecular complexity index is 1870. The van der Waals surface area contributed by atoms with Crippen LogP contribution in [-0.4, -0.2) is 86.6 Å². The minimum Gasteiger partial charge on any atom is -0.462 e. The van der Waals surface area contributed by atoms with E-state index in [9.17, 15) is 19.2 Å². The normalized spacial score (nSPS) is 19.0. The summed E-state index contributed by atoms with van der Waals surface area (Å²) in [4.78, 5) is 54.0. The molecule has 1 aliphatic rings. The average molecular weight is 1150 g/mol. The molecule has 0 aliphatic carbocycles. The van der Waals surface area contributed by atoms with Gasteiger partial charge in [-0.2, -0.15) is 0 Å². The Hall–Kier alpha value is -2.30. The topological polar surface area (TPSA) is 180 Å². The quantitative estimate of drug-likeness (QED) is 0.0256. The third kappa shape index (κ3) is 24.2. The van der Waals surface area contributed by atoms with Gasteiger partial charge < -0.3 is 42.8 Å². The van der Waals surface area contributed by atoms with Crippen LogP contribution in [0.15, 0.2) is 60.7 Å². The number of phosphoric ester groups is 1. The van der Waals surface area contributed by atoms with Crippen LogP contribution in [0.25, 0.3) is 0 Å². The summed E-state index contributed by atoms with van der Waals surface area (Å²) in [5, 5.41) is 2.45. The molecule has 3 rings (SSSR count). The zero-order valence-corrected chi connectivity index (χ0v) is 46.0. The summed E-state index contributed by atoms with van der Waals surface area (Å²) in [5.41, 5.74) is -3.37. The zero-order chi connectivity index (χ0) is 51.8. The van der Waals surface area contributed by atoms with Gasteiger partial charge in [0.15, 0.2) is 17.3 Å². The summed E-state index contributed by atoms with van der Waals surface area (Å²) in [6.07, 6.45) is 3.92. The summed E-state index contributed by atoms with van der Waals surface area (Å²) in [6, 6.07) is 14.0. The molecule has 23 heteroatoms. The largest absolute Gasteiger partial charge is 0.588 e. The molecular formula is C47H65Cl7NO14P. The van der Waals surface area contributed by atoms with E-state index in [4.69, 9.17) is 123 Å². The smallest absolute Gasteiger partial charge is 0.462 e. The van der Waals surface area contributed by atoms with E-state index >= 15 is 4.57 Å². The predicted octanol–water partition coefficient (Wildman–Crippen LogP) is 14.5. The number of esters is 2. The lowest BCUT2D eigenvalue weighted by atomic mass is 9.97. The van der Waals surface area contributed by atoms with E-state index in [-0.39, 0.29) is 17.9 Å². The highest BCUT2D eigenvalue weighted by Gasteiger charge is 2.54. The molecular weight excluding hydrogens is 1080 g/mol. The van der Waals surface area contributed by atoms with Crippen molar-refractivity contribution in [2.75, 3.05) is 13.2 Å². The highest BCUT2D eigenvalue weighted by atomic mass is 35.6. The molecule has 1 amide bonds. The first-order valence-corrected chi connectivity index (χ1v) is 27.6. The summed E-state index contributed by atoms with van der Waals surface area (Å²) in [6.45, 7) is 5.32. The maximum absolute atomic E-state index is 15.1. The fourth-order valence-corrected chi connectivity index (χ4v) is 8.91. The Morgan fingerprint density at radius 3 is 1.77 bits per heavy atom. The minimum atomic E-state index is -4.97. The lowest BCUT2D eigenvalue weighted by molar-refractivity contribution is -0.196. The molecule has 0 spiro atoms. The van der Waals surface area contributed by atoms with E-state index in [1.54, 1.807) is 36.4 Å². The maximum atomic E-state index is 15.1. The van der Waals surface area contributed by atoms with Gasteiger partial charge in [0.05, 0.1) is 6.42 Å². The molecule has 0 radical (unpaired) electrons. The molecule has 70 heavy (non-hydrogen) atoms. The summed E-state index contributed by atoms with van der Waals surface area (Å²) in [5.74, 6) is -1.40. The third-order valence-electron chi connectivity index (χ3n) is 10.7. The molecule has 15 nitrogen and oxygen atoms in total. The molecule has 0 aromatic heterocycles. The number of ether oxygens (including phenoxy) is 6. The first kappa shape index (κ1) is 62.0. The number of phosphoric acid groups is 1. The molecule has 1 aliphatic heterocycles. The number of carbonyl (C=O) groups is 4. The Kier molecular flexibility index (Phi) is 27.8. The van der Waals surface area contributed by atoms with Crippen molar-refractivity contribution in [1.82, 2.24) is 5.32 Å².